The van der Waals surface area contributed by atoms with Gasteiger partial charge in [0.15, 0.2) is 0 Å². The van der Waals surface area contributed by atoms with Gasteiger partial charge in [0.25, 0.3) is 5.69 Å². The van der Waals surface area contributed by atoms with Crippen LogP contribution in [0.1, 0.15) is 6.92 Å². The van der Waals surface area contributed by atoms with E-state index in [1.54, 1.807) is 14.2 Å². The monoisotopic (exact) mass is 201 g/mol. The third-order valence-electron chi connectivity index (χ3n) is 0.768. The summed E-state index contributed by atoms with van der Waals surface area (Å²) in [5.74, 6) is 0. The zero-order chi connectivity index (χ0) is 8.04. The fourth-order valence-corrected chi connectivity index (χ4v) is 2.66. The largest absolute Gasteiger partial charge is 0.324 e. The minimum atomic E-state index is -2.06. The first kappa shape index (κ1) is 10.9. The average molecular weight is 201 g/mol. The van der Waals surface area contributed by atoms with Gasteiger partial charge in [0.1, 0.15) is 0 Å². The van der Waals surface area contributed by atoms with Crippen LogP contribution in [0.2, 0.25) is 0 Å². The first-order chi connectivity index (χ1) is 4.68. The average Bonchev–Trinajstić information content (AvgIpc) is 2.00. The molecule has 0 heterocycles. The van der Waals surface area contributed by atoms with Gasteiger partial charge in [-0.15, -0.1) is 0 Å². The molecule has 0 aromatic rings. The molecule has 0 aromatic heterocycles. The van der Waals surface area contributed by atoms with Gasteiger partial charge in [0.2, 0.25) is 0 Å². The molecule has 0 saturated heterocycles. The molecule has 6 heteroatoms. The molecule has 0 rings (SSSR count). The zero-order valence-corrected chi connectivity index (χ0v) is 8.81. The molecule has 0 unspecified atom stereocenters. The highest BCUT2D eigenvalue weighted by Crippen LogP contribution is 2.57. The summed E-state index contributed by atoms with van der Waals surface area (Å²) in [6.45, 7) is 2.85. The van der Waals surface area contributed by atoms with Crippen LogP contribution in [0, 0.1) is 0 Å². The van der Waals surface area contributed by atoms with Crippen molar-refractivity contribution >= 4 is 29.1 Å². The van der Waals surface area contributed by atoms with Crippen molar-refractivity contribution < 1.29 is 9.05 Å². The van der Waals surface area contributed by atoms with Crippen molar-refractivity contribution in [3.05, 3.63) is 0 Å². The molecule has 0 saturated carbocycles. The number of nitrogens with one attached hydrogen (secondary N) is 1. The lowest BCUT2D eigenvalue weighted by atomic mass is 10.8. The van der Waals surface area contributed by atoms with Gasteiger partial charge < -0.3 is 9.05 Å². The molecule has 0 aliphatic carbocycles. The van der Waals surface area contributed by atoms with Crippen LogP contribution in [-0.2, 0) is 20.9 Å². The molecule has 0 radical (unpaired) electrons. The van der Waals surface area contributed by atoms with Crippen LogP contribution in [0.5, 0.6) is 0 Å². The second kappa shape index (κ2) is 5.52. The first-order valence-corrected chi connectivity index (χ1v) is 6.87. The maximum atomic E-state index is 5.04. The van der Waals surface area contributed by atoms with Crippen LogP contribution in [0.25, 0.3) is 0 Å². The SMILES string of the molecule is CCNSP(=S)(OC)OC. The van der Waals surface area contributed by atoms with E-state index in [4.69, 9.17) is 20.9 Å². The Labute approximate surface area is 70.9 Å². The summed E-state index contributed by atoms with van der Waals surface area (Å²) in [6, 6.07) is 0. The predicted octanol–water partition coefficient (Wildman–Crippen LogP) is 1.76. The van der Waals surface area contributed by atoms with E-state index >= 15 is 0 Å². The maximum absolute atomic E-state index is 5.04. The van der Waals surface area contributed by atoms with Crippen LogP contribution in [-0.4, -0.2) is 20.8 Å². The zero-order valence-electron chi connectivity index (χ0n) is 6.29. The summed E-state index contributed by atoms with van der Waals surface area (Å²) in [5.41, 5.74) is -2.06. The van der Waals surface area contributed by atoms with Gasteiger partial charge >= 0.3 is 0 Å². The normalized spacial score (nSPS) is 11.9. The molecular weight excluding hydrogens is 189 g/mol. The Hall–Kier alpha value is 0.880. The summed E-state index contributed by atoms with van der Waals surface area (Å²) in [4.78, 5) is 0. The fourth-order valence-electron chi connectivity index (χ4n) is 0.293. The van der Waals surface area contributed by atoms with Gasteiger partial charge in [-0.2, -0.15) is 0 Å². The molecular formula is C4H12NO2PS2. The smallest absolute Gasteiger partial charge is 0.261 e. The third kappa shape index (κ3) is 3.91. The number of hydrogen-bond acceptors (Lipinski definition) is 5. The summed E-state index contributed by atoms with van der Waals surface area (Å²) < 4.78 is 13.0. The van der Waals surface area contributed by atoms with E-state index in [0.717, 1.165) is 6.54 Å². The van der Waals surface area contributed by atoms with E-state index in [1.165, 1.54) is 11.6 Å². The highest BCUT2D eigenvalue weighted by atomic mass is 32.9. The molecule has 0 aliphatic rings. The van der Waals surface area contributed by atoms with Crippen LogP contribution >= 0.6 is 17.3 Å². The van der Waals surface area contributed by atoms with E-state index in [-0.39, 0.29) is 0 Å². The lowest BCUT2D eigenvalue weighted by molar-refractivity contribution is 0.353. The van der Waals surface area contributed by atoms with Crippen molar-refractivity contribution in [3.63, 3.8) is 0 Å². The molecule has 0 atom stereocenters. The number of rotatable bonds is 5. The topological polar surface area (TPSA) is 30.5 Å². The van der Waals surface area contributed by atoms with Crippen molar-refractivity contribution in [2.24, 2.45) is 0 Å². The van der Waals surface area contributed by atoms with Gasteiger partial charge in [0, 0.05) is 32.3 Å². The molecule has 1 N–H and O–H groups in total. The molecule has 3 nitrogen and oxygen atoms in total. The Morgan fingerprint density at radius 1 is 1.50 bits per heavy atom. The first-order valence-electron chi connectivity index (χ1n) is 2.81. The molecule has 0 amide bonds. The van der Waals surface area contributed by atoms with Crippen molar-refractivity contribution in [2.45, 2.75) is 6.92 Å². The summed E-state index contributed by atoms with van der Waals surface area (Å²) >= 11 is 6.39. The molecule has 10 heavy (non-hydrogen) atoms. The fraction of sp³-hybridized carbons (Fsp3) is 1.00. The Balaban J connectivity index is 3.70. The number of hydrogen-bond donors (Lipinski definition) is 1. The lowest BCUT2D eigenvalue weighted by Crippen LogP contribution is -2.01. The maximum Gasteiger partial charge on any atom is 0.261 e. The molecule has 0 spiro atoms. The summed E-state index contributed by atoms with van der Waals surface area (Å²) in [5, 5.41) is 0. The van der Waals surface area contributed by atoms with Gasteiger partial charge in [-0.3, -0.25) is 4.72 Å². The van der Waals surface area contributed by atoms with E-state index < -0.39 is 5.69 Å². The Morgan fingerprint density at radius 2 is 2.00 bits per heavy atom. The van der Waals surface area contributed by atoms with Crippen LogP contribution in [0.4, 0.5) is 0 Å². The highest BCUT2D eigenvalue weighted by molar-refractivity contribution is 8.67. The van der Waals surface area contributed by atoms with Crippen molar-refractivity contribution in [2.75, 3.05) is 20.8 Å². The minimum Gasteiger partial charge on any atom is -0.324 e. The molecule has 0 bridgehead atoms. The van der Waals surface area contributed by atoms with Crippen LogP contribution < -0.4 is 4.72 Å². The van der Waals surface area contributed by atoms with E-state index in [9.17, 15) is 0 Å². The molecule has 0 fully saturated rings. The standard InChI is InChI=1S/C4H12NO2PS2/c1-4-5-10-8(9,6-2)7-3/h5H,4H2,1-3H3. The molecule has 62 valence electrons. The summed E-state index contributed by atoms with van der Waals surface area (Å²) in [7, 11) is 3.13. The Bertz CT molecular complexity index is 124. The van der Waals surface area contributed by atoms with E-state index in [1.807, 2.05) is 6.92 Å². The van der Waals surface area contributed by atoms with Crippen LogP contribution in [0.15, 0.2) is 0 Å². The molecule has 0 aromatic carbocycles. The van der Waals surface area contributed by atoms with Crippen molar-refractivity contribution in [1.82, 2.24) is 4.72 Å². The highest BCUT2D eigenvalue weighted by Gasteiger charge is 2.14. The van der Waals surface area contributed by atoms with Gasteiger partial charge in [-0.1, -0.05) is 6.92 Å². The quantitative estimate of drug-likeness (QED) is 0.541. The Morgan fingerprint density at radius 3 is 2.30 bits per heavy atom. The Kier molecular flexibility index (Phi) is 6.01. The second-order valence-electron chi connectivity index (χ2n) is 1.40. The van der Waals surface area contributed by atoms with Crippen LogP contribution in [0.3, 0.4) is 0 Å². The van der Waals surface area contributed by atoms with E-state index in [2.05, 4.69) is 4.72 Å². The predicted molar refractivity (Wildman–Crippen MR) is 49.6 cm³/mol. The minimum absolute atomic E-state index is 0.857. The third-order valence-corrected chi connectivity index (χ3v) is 5.82. The van der Waals surface area contributed by atoms with E-state index in [0.29, 0.717) is 0 Å². The van der Waals surface area contributed by atoms with Gasteiger partial charge in [0.05, 0.1) is 0 Å². The van der Waals surface area contributed by atoms with Gasteiger partial charge in [-0.05, 0) is 11.8 Å². The van der Waals surface area contributed by atoms with Crippen molar-refractivity contribution in [3.8, 4) is 0 Å². The lowest BCUT2D eigenvalue weighted by Gasteiger charge is -2.15. The summed E-state index contributed by atoms with van der Waals surface area (Å²) in [6.07, 6.45) is 0. The van der Waals surface area contributed by atoms with Gasteiger partial charge in [-0.25, -0.2) is 0 Å². The second-order valence-corrected chi connectivity index (χ2v) is 7.62. The van der Waals surface area contributed by atoms with Crippen molar-refractivity contribution in [1.29, 1.82) is 0 Å². The molecule has 0 aliphatic heterocycles.